The Balaban J connectivity index is 1.47. The maximum Gasteiger partial charge on any atom is 0.416 e. The van der Waals surface area contributed by atoms with Gasteiger partial charge in [-0.05, 0) is 86.6 Å². The molecule has 0 fully saturated rings. The van der Waals surface area contributed by atoms with Crippen molar-refractivity contribution in [3.8, 4) is 11.1 Å². The van der Waals surface area contributed by atoms with Gasteiger partial charge in [0.05, 0.1) is 5.56 Å². The summed E-state index contributed by atoms with van der Waals surface area (Å²) in [6.07, 6.45) is -0.0184. The van der Waals surface area contributed by atoms with Gasteiger partial charge in [0.25, 0.3) is 5.91 Å². The Morgan fingerprint density at radius 1 is 0.974 bits per heavy atom. The molecule has 0 radical (unpaired) electrons. The number of benzene rings is 2. The third-order valence-corrected chi connectivity index (χ3v) is 6.54. The molecule has 4 rings (SSSR count). The van der Waals surface area contributed by atoms with Crippen molar-refractivity contribution >= 4 is 28.6 Å². The number of pyridine rings is 1. The molecule has 0 bridgehead atoms. The smallest absolute Gasteiger partial charge is 0.354 e. The van der Waals surface area contributed by atoms with Gasteiger partial charge in [-0.15, -0.1) is 0 Å². The largest absolute Gasteiger partial charge is 0.416 e. The van der Waals surface area contributed by atoms with Gasteiger partial charge >= 0.3 is 6.18 Å². The highest BCUT2D eigenvalue weighted by Crippen LogP contribution is 2.30. The molecular weight excluding hydrogens is 505 g/mol. The quantitative estimate of drug-likeness (QED) is 0.228. The molecule has 0 atom stereocenters. The number of carbonyl (C=O) groups is 1. The van der Waals surface area contributed by atoms with Gasteiger partial charge in [-0.1, -0.05) is 19.9 Å². The number of anilines is 2. The average Bonchev–Trinajstić information content (AvgIpc) is 2.93. The highest BCUT2D eigenvalue weighted by Gasteiger charge is 2.30. The minimum Gasteiger partial charge on any atom is -0.354 e. The van der Waals surface area contributed by atoms with E-state index < -0.39 is 17.6 Å². The molecule has 0 spiro atoms. The van der Waals surface area contributed by atoms with E-state index in [-0.39, 0.29) is 5.69 Å². The SMILES string of the molecule is CCN(CC)CCCNc1ncc2cc(-c3cc(C(=O)Nc4ccc(C(F)(F)F)cc4)ccc3C)cnc2n1. The van der Waals surface area contributed by atoms with Crippen molar-refractivity contribution in [2.75, 3.05) is 36.8 Å². The number of aryl methyl sites for hydroxylation is 1. The average molecular weight is 537 g/mol. The van der Waals surface area contributed by atoms with E-state index in [1.165, 1.54) is 12.1 Å². The normalized spacial score (nSPS) is 11.7. The predicted molar refractivity (Wildman–Crippen MR) is 148 cm³/mol. The second-order valence-electron chi connectivity index (χ2n) is 9.20. The van der Waals surface area contributed by atoms with Crippen LogP contribution in [0.3, 0.4) is 0 Å². The number of aromatic nitrogens is 3. The van der Waals surface area contributed by atoms with Crippen LogP contribution >= 0.6 is 0 Å². The van der Waals surface area contributed by atoms with E-state index in [1.54, 1.807) is 24.5 Å². The fourth-order valence-electron chi connectivity index (χ4n) is 4.22. The number of halogens is 3. The van der Waals surface area contributed by atoms with E-state index >= 15 is 0 Å². The third-order valence-electron chi connectivity index (χ3n) is 6.54. The molecule has 0 aliphatic carbocycles. The Kier molecular flexibility index (Phi) is 8.75. The van der Waals surface area contributed by atoms with Crippen LogP contribution in [0.2, 0.25) is 0 Å². The maximum absolute atomic E-state index is 12.8. The number of nitrogens with zero attached hydrogens (tertiary/aromatic N) is 4. The van der Waals surface area contributed by atoms with E-state index in [1.807, 2.05) is 19.1 Å². The topological polar surface area (TPSA) is 83.0 Å². The lowest BCUT2D eigenvalue weighted by atomic mass is 9.98. The summed E-state index contributed by atoms with van der Waals surface area (Å²) in [6.45, 7) is 10.1. The maximum atomic E-state index is 12.8. The molecule has 2 aromatic heterocycles. The van der Waals surface area contributed by atoms with Gasteiger partial charge < -0.3 is 15.5 Å². The predicted octanol–water partition coefficient (Wildman–Crippen LogP) is 6.42. The van der Waals surface area contributed by atoms with Crippen LogP contribution in [0.15, 0.2) is 60.9 Å². The zero-order valence-corrected chi connectivity index (χ0v) is 22.1. The summed E-state index contributed by atoms with van der Waals surface area (Å²) in [4.78, 5) is 28.7. The van der Waals surface area contributed by atoms with Gasteiger partial charge in [-0.25, -0.2) is 9.97 Å². The van der Waals surface area contributed by atoms with E-state index in [0.717, 1.165) is 66.8 Å². The van der Waals surface area contributed by atoms with E-state index in [9.17, 15) is 18.0 Å². The first-order chi connectivity index (χ1) is 18.7. The lowest BCUT2D eigenvalue weighted by Crippen LogP contribution is -2.25. The standard InChI is InChI=1S/C29H31F3N6O/c1-4-38(5-2)14-6-13-33-28-35-18-22-15-21(17-34-26(22)37-28)25-16-20(8-7-19(25)3)27(39)36-24-11-9-23(10-12-24)29(30,31)32/h7-12,15-18H,4-6,13-14H2,1-3H3,(H,36,39)(H,33,34,35,37). The second-order valence-corrected chi connectivity index (χ2v) is 9.20. The van der Waals surface area contributed by atoms with Gasteiger partial charge in [0.1, 0.15) is 0 Å². The van der Waals surface area contributed by atoms with Gasteiger partial charge in [0.2, 0.25) is 5.95 Å². The van der Waals surface area contributed by atoms with Crippen LogP contribution in [-0.2, 0) is 6.18 Å². The Morgan fingerprint density at radius 3 is 2.41 bits per heavy atom. The summed E-state index contributed by atoms with van der Waals surface area (Å²) < 4.78 is 38.4. The van der Waals surface area contributed by atoms with Crippen molar-refractivity contribution in [3.05, 3.63) is 77.6 Å². The Labute approximate surface area is 225 Å². The zero-order valence-electron chi connectivity index (χ0n) is 22.1. The Hall–Kier alpha value is -4.05. The monoisotopic (exact) mass is 536 g/mol. The van der Waals surface area contributed by atoms with Crippen molar-refractivity contribution in [1.29, 1.82) is 0 Å². The summed E-state index contributed by atoms with van der Waals surface area (Å²) in [7, 11) is 0. The molecule has 0 aliphatic heterocycles. The highest BCUT2D eigenvalue weighted by molar-refractivity contribution is 6.05. The molecule has 0 unspecified atom stereocenters. The number of hydrogen-bond donors (Lipinski definition) is 2. The number of alkyl halides is 3. The molecule has 10 heteroatoms. The molecule has 0 saturated heterocycles. The highest BCUT2D eigenvalue weighted by atomic mass is 19.4. The first kappa shape index (κ1) is 28.0. The van der Waals surface area contributed by atoms with E-state index in [4.69, 9.17) is 0 Å². The number of nitrogens with one attached hydrogen (secondary N) is 2. The molecule has 4 aromatic rings. The van der Waals surface area contributed by atoms with Gasteiger partial charge in [0.15, 0.2) is 5.65 Å². The molecule has 2 heterocycles. The molecule has 0 saturated carbocycles. The zero-order chi connectivity index (χ0) is 28.0. The Bertz CT molecular complexity index is 1440. The van der Waals surface area contributed by atoms with Crippen LogP contribution in [0, 0.1) is 6.92 Å². The minimum absolute atomic E-state index is 0.275. The van der Waals surface area contributed by atoms with Gasteiger partial charge in [-0.2, -0.15) is 18.2 Å². The Morgan fingerprint density at radius 2 is 1.72 bits per heavy atom. The van der Waals surface area contributed by atoms with E-state index in [2.05, 4.69) is 44.3 Å². The van der Waals surface area contributed by atoms with Crippen LogP contribution in [0.1, 0.15) is 41.8 Å². The van der Waals surface area contributed by atoms with Crippen LogP contribution < -0.4 is 10.6 Å². The summed E-state index contributed by atoms with van der Waals surface area (Å²) in [6, 6.07) is 11.5. The fourth-order valence-corrected chi connectivity index (χ4v) is 4.22. The van der Waals surface area contributed by atoms with Crippen molar-refractivity contribution in [3.63, 3.8) is 0 Å². The minimum atomic E-state index is -4.43. The van der Waals surface area contributed by atoms with Gasteiger partial charge in [0, 0.05) is 41.1 Å². The van der Waals surface area contributed by atoms with Crippen LogP contribution in [-0.4, -0.2) is 51.9 Å². The molecular formula is C29H31F3N6O. The number of fused-ring (bicyclic) bond motifs is 1. The summed E-state index contributed by atoms with van der Waals surface area (Å²) in [5.74, 6) is 0.102. The van der Waals surface area contributed by atoms with E-state index in [0.29, 0.717) is 17.2 Å². The number of carbonyl (C=O) groups excluding carboxylic acids is 1. The molecule has 2 aromatic carbocycles. The lowest BCUT2D eigenvalue weighted by molar-refractivity contribution is -0.137. The summed E-state index contributed by atoms with van der Waals surface area (Å²) in [5, 5.41) is 6.67. The van der Waals surface area contributed by atoms with Crippen LogP contribution in [0.4, 0.5) is 24.8 Å². The third kappa shape index (κ3) is 7.08. The first-order valence-electron chi connectivity index (χ1n) is 12.9. The van der Waals surface area contributed by atoms with Crippen molar-refractivity contribution in [1.82, 2.24) is 19.9 Å². The molecule has 204 valence electrons. The first-order valence-corrected chi connectivity index (χ1v) is 12.9. The molecule has 0 aliphatic rings. The molecule has 2 N–H and O–H groups in total. The van der Waals surface area contributed by atoms with Crippen molar-refractivity contribution < 1.29 is 18.0 Å². The van der Waals surface area contributed by atoms with Crippen molar-refractivity contribution in [2.24, 2.45) is 0 Å². The number of hydrogen-bond acceptors (Lipinski definition) is 6. The summed E-state index contributed by atoms with van der Waals surface area (Å²) >= 11 is 0. The number of rotatable bonds is 10. The number of amides is 1. The van der Waals surface area contributed by atoms with Crippen LogP contribution in [0.5, 0.6) is 0 Å². The lowest BCUT2D eigenvalue weighted by Gasteiger charge is -2.17. The molecule has 1 amide bonds. The molecule has 39 heavy (non-hydrogen) atoms. The molecule has 7 nitrogen and oxygen atoms in total. The second kappa shape index (κ2) is 12.2. The van der Waals surface area contributed by atoms with Crippen LogP contribution in [0.25, 0.3) is 22.2 Å². The fraction of sp³-hybridized carbons (Fsp3) is 0.310. The summed E-state index contributed by atoms with van der Waals surface area (Å²) in [5.41, 5.74) is 2.98. The van der Waals surface area contributed by atoms with Crippen molar-refractivity contribution in [2.45, 2.75) is 33.4 Å². The van der Waals surface area contributed by atoms with Gasteiger partial charge in [-0.3, -0.25) is 4.79 Å².